The van der Waals surface area contributed by atoms with Crippen LogP contribution in [0.1, 0.15) is 19.4 Å². The van der Waals surface area contributed by atoms with Gasteiger partial charge in [-0.1, -0.05) is 50.8 Å². The molecule has 0 spiro atoms. The van der Waals surface area contributed by atoms with E-state index < -0.39 is 0 Å². The van der Waals surface area contributed by atoms with Gasteiger partial charge in [0, 0.05) is 12.6 Å². The molecule has 0 aliphatic heterocycles. The van der Waals surface area contributed by atoms with Crippen molar-refractivity contribution in [2.75, 3.05) is 19.6 Å². The summed E-state index contributed by atoms with van der Waals surface area (Å²) in [5.74, 6) is -0.106. The Balaban J connectivity index is 2.68. The van der Waals surface area contributed by atoms with Gasteiger partial charge in [0.2, 0.25) is 5.91 Å². The maximum Gasteiger partial charge on any atom is 0.243 e. The van der Waals surface area contributed by atoms with E-state index in [-0.39, 0.29) is 5.91 Å². The van der Waals surface area contributed by atoms with Crippen LogP contribution in [0.2, 0.25) is 0 Å². The van der Waals surface area contributed by atoms with Crippen LogP contribution in [0.25, 0.3) is 0 Å². The van der Waals surface area contributed by atoms with Crippen molar-refractivity contribution >= 4 is 5.91 Å². The lowest BCUT2D eigenvalue weighted by Gasteiger charge is -2.30. The molecule has 0 saturated heterocycles. The van der Waals surface area contributed by atoms with Gasteiger partial charge in [0.15, 0.2) is 0 Å². The Morgan fingerprint density at radius 1 is 1.32 bits per heavy atom. The van der Waals surface area contributed by atoms with Crippen molar-refractivity contribution in [2.24, 2.45) is 0 Å². The van der Waals surface area contributed by atoms with Gasteiger partial charge < -0.3 is 5.32 Å². The first-order valence-corrected chi connectivity index (χ1v) is 6.89. The van der Waals surface area contributed by atoms with Crippen molar-refractivity contribution in [1.29, 1.82) is 0 Å². The van der Waals surface area contributed by atoms with Gasteiger partial charge in [-0.2, -0.15) is 0 Å². The smallest absolute Gasteiger partial charge is 0.243 e. The molecule has 3 nitrogen and oxygen atoms in total. The maximum absolute atomic E-state index is 11.3. The fourth-order valence-electron chi connectivity index (χ4n) is 2.25. The molecule has 0 aliphatic carbocycles. The minimum Gasteiger partial charge on any atom is -0.351 e. The molecule has 0 bridgehead atoms. The van der Waals surface area contributed by atoms with Crippen LogP contribution < -0.4 is 5.32 Å². The molecule has 0 aliphatic rings. The average molecular weight is 260 g/mol. The summed E-state index contributed by atoms with van der Waals surface area (Å²) in [6, 6.07) is 10.7. The van der Waals surface area contributed by atoms with Gasteiger partial charge in [-0.15, -0.1) is 0 Å². The van der Waals surface area contributed by atoms with Gasteiger partial charge in [0.1, 0.15) is 0 Å². The molecule has 0 heterocycles. The largest absolute Gasteiger partial charge is 0.351 e. The Bertz CT molecular complexity index is 385. The first-order valence-electron chi connectivity index (χ1n) is 6.89. The van der Waals surface area contributed by atoms with Crippen molar-refractivity contribution in [3.63, 3.8) is 0 Å². The molecule has 0 unspecified atom stereocenters. The topological polar surface area (TPSA) is 32.3 Å². The molecular formula is C16H24N2O. The van der Waals surface area contributed by atoms with Crippen LogP contribution in [0, 0.1) is 0 Å². The summed E-state index contributed by atoms with van der Waals surface area (Å²) >= 11 is 0. The first kappa shape index (κ1) is 15.4. The third-order valence-corrected chi connectivity index (χ3v) is 3.34. The van der Waals surface area contributed by atoms with E-state index in [1.54, 1.807) is 0 Å². The van der Waals surface area contributed by atoms with Crippen LogP contribution in [0.5, 0.6) is 0 Å². The summed E-state index contributed by atoms with van der Waals surface area (Å²) in [7, 11) is 0. The van der Waals surface area contributed by atoms with E-state index in [1.165, 1.54) is 11.6 Å². The molecule has 19 heavy (non-hydrogen) atoms. The van der Waals surface area contributed by atoms with Crippen LogP contribution >= 0.6 is 0 Å². The van der Waals surface area contributed by atoms with E-state index in [4.69, 9.17) is 0 Å². The van der Waals surface area contributed by atoms with E-state index in [9.17, 15) is 4.79 Å². The van der Waals surface area contributed by atoms with Crippen molar-refractivity contribution in [2.45, 2.75) is 26.3 Å². The lowest BCUT2D eigenvalue weighted by molar-refractivity contribution is -0.116. The summed E-state index contributed by atoms with van der Waals surface area (Å²) in [6.45, 7) is 10.4. The van der Waals surface area contributed by atoms with Crippen LogP contribution in [0.15, 0.2) is 43.0 Å². The standard InChI is InChI=1S/C16H24N2O/c1-4-16(19)17-13-15(18(5-2)6-3)12-14-10-8-7-9-11-14/h4,7-11,15H,1,5-6,12-13H2,2-3H3,(H,17,19)/t15-/m1/s1. The van der Waals surface area contributed by atoms with Crippen LogP contribution in [-0.2, 0) is 11.2 Å². The van der Waals surface area contributed by atoms with E-state index in [0.717, 1.165) is 19.5 Å². The highest BCUT2D eigenvalue weighted by Crippen LogP contribution is 2.08. The summed E-state index contributed by atoms with van der Waals surface area (Å²) < 4.78 is 0. The second-order valence-corrected chi connectivity index (χ2v) is 4.51. The molecule has 1 aromatic carbocycles. The third-order valence-electron chi connectivity index (χ3n) is 3.34. The zero-order valence-electron chi connectivity index (χ0n) is 11.9. The number of amides is 1. The van der Waals surface area contributed by atoms with Crippen molar-refractivity contribution in [1.82, 2.24) is 10.2 Å². The maximum atomic E-state index is 11.3. The van der Waals surface area contributed by atoms with Gasteiger partial charge in [-0.3, -0.25) is 9.69 Å². The minimum atomic E-state index is -0.106. The number of hydrogen-bond donors (Lipinski definition) is 1. The van der Waals surface area contributed by atoms with Gasteiger partial charge >= 0.3 is 0 Å². The Labute approximate surface area is 116 Å². The van der Waals surface area contributed by atoms with Crippen molar-refractivity contribution in [3.05, 3.63) is 48.6 Å². The number of benzene rings is 1. The number of rotatable bonds is 8. The Hall–Kier alpha value is -1.61. The zero-order valence-corrected chi connectivity index (χ0v) is 11.9. The van der Waals surface area contributed by atoms with Crippen LogP contribution in [0.3, 0.4) is 0 Å². The summed E-state index contributed by atoms with van der Waals surface area (Å²) in [5, 5.41) is 2.90. The Kier molecular flexibility index (Phi) is 6.90. The average Bonchev–Trinajstić information content (AvgIpc) is 2.46. The quantitative estimate of drug-likeness (QED) is 0.727. The monoisotopic (exact) mass is 260 g/mol. The highest BCUT2D eigenvalue weighted by Gasteiger charge is 2.16. The number of carbonyl (C=O) groups excluding carboxylic acids is 1. The van der Waals surface area contributed by atoms with E-state index in [2.05, 4.69) is 54.9 Å². The summed E-state index contributed by atoms with van der Waals surface area (Å²) in [4.78, 5) is 13.7. The first-order chi connectivity index (χ1) is 9.21. The molecule has 0 saturated carbocycles. The zero-order chi connectivity index (χ0) is 14.1. The van der Waals surface area contributed by atoms with Crippen molar-refractivity contribution < 1.29 is 4.79 Å². The fraction of sp³-hybridized carbons (Fsp3) is 0.438. The van der Waals surface area contributed by atoms with Gasteiger partial charge in [0.25, 0.3) is 0 Å². The fourth-order valence-corrected chi connectivity index (χ4v) is 2.25. The molecule has 1 atom stereocenters. The van der Waals surface area contributed by atoms with Gasteiger partial charge in [-0.25, -0.2) is 0 Å². The Morgan fingerprint density at radius 3 is 2.47 bits per heavy atom. The lowest BCUT2D eigenvalue weighted by atomic mass is 10.0. The molecule has 1 N–H and O–H groups in total. The summed E-state index contributed by atoms with van der Waals surface area (Å²) in [6.07, 6.45) is 2.27. The molecule has 0 radical (unpaired) electrons. The van der Waals surface area contributed by atoms with E-state index in [0.29, 0.717) is 12.6 Å². The Morgan fingerprint density at radius 2 is 1.95 bits per heavy atom. The second kappa shape index (κ2) is 8.48. The molecule has 1 rings (SSSR count). The van der Waals surface area contributed by atoms with Gasteiger partial charge in [0.05, 0.1) is 0 Å². The van der Waals surface area contributed by atoms with E-state index >= 15 is 0 Å². The molecular weight excluding hydrogens is 236 g/mol. The number of nitrogens with zero attached hydrogens (tertiary/aromatic N) is 1. The molecule has 1 aromatic rings. The predicted molar refractivity (Wildman–Crippen MR) is 80.1 cm³/mol. The molecule has 1 amide bonds. The number of carbonyl (C=O) groups is 1. The van der Waals surface area contributed by atoms with Crippen LogP contribution in [-0.4, -0.2) is 36.5 Å². The molecule has 3 heteroatoms. The number of hydrogen-bond acceptors (Lipinski definition) is 2. The molecule has 104 valence electrons. The van der Waals surface area contributed by atoms with Gasteiger partial charge in [-0.05, 0) is 31.1 Å². The van der Waals surface area contributed by atoms with Crippen molar-refractivity contribution in [3.8, 4) is 0 Å². The highest BCUT2D eigenvalue weighted by molar-refractivity contribution is 5.86. The normalized spacial score (nSPS) is 12.2. The molecule has 0 fully saturated rings. The number of likely N-dealkylation sites (N-methyl/N-ethyl adjacent to an activating group) is 1. The predicted octanol–water partition coefficient (Wildman–Crippen LogP) is 2.24. The minimum absolute atomic E-state index is 0.106. The number of nitrogens with one attached hydrogen (secondary N) is 1. The lowest BCUT2D eigenvalue weighted by Crippen LogP contribution is -2.44. The summed E-state index contributed by atoms with van der Waals surface area (Å²) in [5.41, 5.74) is 1.30. The highest BCUT2D eigenvalue weighted by atomic mass is 16.1. The second-order valence-electron chi connectivity index (χ2n) is 4.51. The van der Waals surface area contributed by atoms with Crippen LogP contribution in [0.4, 0.5) is 0 Å². The molecule has 0 aromatic heterocycles. The SMILES string of the molecule is C=CC(=O)NC[C@@H](Cc1ccccc1)N(CC)CC. The third kappa shape index (κ3) is 5.26. The van der Waals surface area contributed by atoms with E-state index in [1.807, 2.05) is 6.07 Å².